The zero-order valence-corrected chi connectivity index (χ0v) is 14.8. The van der Waals surface area contributed by atoms with E-state index in [1.807, 2.05) is 18.2 Å². The van der Waals surface area contributed by atoms with Crippen molar-refractivity contribution in [2.24, 2.45) is 5.73 Å². The molecule has 1 aromatic carbocycles. The Morgan fingerprint density at radius 2 is 1.81 bits per heavy atom. The van der Waals surface area contributed by atoms with Gasteiger partial charge >= 0.3 is 0 Å². The zero-order chi connectivity index (χ0) is 15.8. The highest BCUT2D eigenvalue weighted by Crippen LogP contribution is 2.27. The molecule has 0 aliphatic carbocycles. The summed E-state index contributed by atoms with van der Waals surface area (Å²) < 4.78 is 0. The van der Waals surface area contributed by atoms with Crippen LogP contribution in [0, 0.1) is 0 Å². The Balaban J connectivity index is 2.81. The van der Waals surface area contributed by atoms with Crippen LogP contribution in [-0.2, 0) is 0 Å². The van der Waals surface area contributed by atoms with Crippen molar-refractivity contribution in [2.75, 3.05) is 37.6 Å². The first kappa shape index (κ1) is 18.2. The Morgan fingerprint density at radius 3 is 2.33 bits per heavy atom. The third kappa shape index (κ3) is 5.13. The molecule has 0 unspecified atom stereocenters. The maximum atomic E-state index is 6.25. The fraction of sp³-hybridized carbons (Fsp3) is 0.562. The smallest absolute Gasteiger partial charge is 0.107 e. The van der Waals surface area contributed by atoms with Crippen LogP contribution in [0.5, 0.6) is 0 Å². The number of thiocarbonyl (C=S) groups is 1. The van der Waals surface area contributed by atoms with Gasteiger partial charge in [-0.25, -0.2) is 0 Å². The van der Waals surface area contributed by atoms with Crippen LogP contribution in [0.3, 0.4) is 0 Å². The summed E-state index contributed by atoms with van der Waals surface area (Å²) in [7, 11) is 0. The van der Waals surface area contributed by atoms with Crippen molar-refractivity contribution in [3.8, 4) is 0 Å². The predicted molar refractivity (Wildman–Crippen MR) is 97.6 cm³/mol. The van der Waals surface area contributed by atoms with Gasteiger partial charge < -0.3 is 15.5 Å². The molecular weight excluding hydrogens is 302 g/mol. The van der Waals surface area contributed by atoms with Gasteiger partial charge in [0.05, 0.1) is 10.6 Å². The van der Waals surface area contributed by atoms with Gasteiger partial charge in [-0.3, -0.25) is 0 Å². The molecule has 0 atom stereocenters. The molecule has 0 bridgehead atoms. The molecule has 1 rings (SSSR count). The molecule has 0 aliphatic heterocycles. The third-order valence-corrected chi connectivity index (χ3v) is 4.28. The van der Waals surface area contributed by atoms with Crippen LogP contribution in [0.15, 0.2) is 18.2 Å². The molecule has 0 heterocycles. The van der Waals surface area contributed by atoms with Gasteiger partial charge in [-0.2, -0.15) is 0 Å². The van der Waals surface area contributed by atoms with Crippen molar-refractivity contribution >= 4 is 34.5 Å². The minimum atomic E-state index is 0.359. The van der Waals surface area contributed by atoms with E-state index in [2.05, 4.69) is 30.6 Å². The van der Waals surface area contributed by atoms with Gasteiger partial charge in [-0.15, -0.1) is 0 Å². The Bertz CT molecular complexity index is 461. The average molecular weight is 328 g/mol. The summed E-state index contributed by atoms with van der Waals surface area (Å²) >= 11 is 11.4. The molecule has 0 amide bonds. The number of hydrogen-bond donors (Lipinski definition) is 1. The molecule has 0 aliphatic rings. The lowest BCUT2D eigenvalue weighted by Gasteiger charge is -2.27. The molecule has 0 aromatic heterocycles. The second-order valence-corrected chi connectivity index (χ2v) is 5.81. The first-order valence-electron chi connectivity index (χ1n) is 7.60. The first-order chi connectivity index (χ1) is 10.0. The Kier molecular flexibility index (Phi) is 8.01. The summed E-state index contributed by atoms with van der Waals surface area (Å²) in [6.07, 6.45) is 1.11. The van der Waals surface area contributed by atoms with E-state index < -0.39 is 0 Å². The standard InChI is InChI=1S/C16H26ClN3S/c1-4-19(5-2)11-8-12-20(6-3)14-10-7-9-13(17)15(14)16(18)21/h7,9-10H,4-6,8,11-12H2,1-3H3,(H2,18,21). The highest BCUT2D eigenvalue weighted by atomic mass is 35.5. The molecular formula is C16H26ClN3S. The van der Waals surface area contributed by atoms with Crippen molar-refractivity contribution in [3.05, 3.63) is 28.8 Å². The van der Waals surface area contributed by atoms with Gasteiger partial charge in [0.15, 0.2) is 0 Å². The summed E-state index contributed by atoms with van der Waals surface area (Å²) in [6.45, 7) is 11.7. The van der Waals surface area contributed by atoms with Crippen LogP contribution in [0.2, 0.25) is 5.02 Å². The highest BCUT2D eigenvalue weighted by Gasteiger charge is 2.14. The zero-order valence-electron chi connectivity index (χ0n) is 13.2. The monoisotopic (exact) mass is 327 g/mol. The van der Waals surface area contributed by atoms with Crippen LogP contribution in [0.1, 0.15) is 32.8 Å². The molecule has 5 heteroatoms. The second-order valence-electron chi connectivity index (χ2n) is 4.96. The van der Waals surface area contributed by atoms with E-state index in [0.717, 1.165) is 50.4 Å². The Morgan fingerprint density at radius 1 is 1.14 bits per heavy atom. The Labute approximate surface area is 139 Å². The molecule has 0 saturated carbocycles. The maximum absolute atomic E-state index is 6.25. The first-order valence-corrected chi connectivity index (χ1v) is 8.39. The summed E-state index contributed by atoms with van der Waals surface area (Å²) in [4.78, 5) is 5.09. The fourth-order valence-corrected chi connectivity index (χ4v) is 3.04. The minimum Gasteiger partial charge on any atom is -0.389 e. The lowest BCUT2D eigenvalue weighted by molar-refractivity contribution is 0.301. The van der Waals surface area contributed by atoms with Gasteiger partial charge in [0.2, 0.25) is 0 Å². The molecule has 0 fully saturated rings. The van der Waals surface area contributed by atoms with Crippen LogP contribution in [-0.4, -0.2) is 42.6 Å². The molecule has 1 aromatic rings. The molecule has 0 spiro atoms. The second kappa shape index (κ2) is 9.23. The quantitative estimate of drug-likeness (QED) is 0.703. The number of anilines is 1. The fourth-order valence-electron chi connectivity index (χ4n) is 2.49. The topological polar surface area (TPSA) is 32.5 Å². The van der Waals surface area contributed by atoms with E-state index in [-0.39, 0.29) is 0 Å². The summed E-state index contributed by atoms with van der Waals surface area (Å²) in [5, 5.41) is 0.627. The highest BCUT2D eigenvalue weighted by molar-refractivity contribution is 7.80. The normalized spacial score (nSPS) is 10.9. The number of nitrogens with two attached hydrogens (primary N) is 1. The van der Waals surface area contributed by atoms with Crippen molar-refractivity contribution in [1.29, 1.82) is 0 Å². The van der Waals surface area contributed by atoms with Crippen LogP contribution in [0.25, 0.3) is 0 Å². The van der Waals surface area contributed by atoms with Crippen molar-refractivity contribution in [1.82, 2.24) is 4.90 Å². The number of rotatable bonds is 9. The number of hydrogen-bond acceptors (Lipinski definition) is 3. The summed E-state index contributed by atoms with van der Waals surface area (Å²) in [5.74, 6) is 0. The average Bonchev–Trinajstić information content (AvgIpc) is 2.47. The number of nitrogens with zero attached hydrogens (tertiary/aromatic N) is 2. The van der Waals surface area contributed by atoms with Crippen LogP contribution < -0.4 is 10.6 Å². The SMILES string of the molecule is CCN(CC)CCCN(CC)c1cccc(Cl)c1C(N)=S. The van der Waals surface area contributed by atoms with Crippen molar-refractivity contribution in [2.45, 2.75) is 27.2 Å². The lowest BCUT2D eigenvalue weighted by atomic mass is 10.1. The van der Waals surface area contributed by atoms with Gasteiger partial charge in [0, 0.05) is 18.8 Å². The molecule has 21 heavy (non-hydrogen) atoms. The summed E-state index contributed by atoms with van der Waals surface area (Å²) in [6, 6.07) is 5.83. The van der Waals surface area contributed by atoms with E-state index in [9.17, 15) is 0 Å². The lowest BCUT2D eigenvalue weighted by Crippen LogP contribution is -2.31. The van der Waals surface area contributed by atoms with E-state index in [1.165, 1.54) is 0 Å². The van der Waals surface area contributed by atoms with Crippen LogP contribution in [0.4, 0.5) is 5.69 Å². The van der Waals surface area contributed by atoms with Gasteiger partial charge in [-0.05, 0) is 45.1 Å². The van der Waals surface area contributed by atoms with Gasteiger partial charge in [0.1, 0.15) is 4.99 Å². The maximum Gasteiger partial charge on any atom is 0.107 e. The van der Waals surface area contributed by atoms with Crippen molar-refractivity contribution < 1.29 is 0 Å². The largest absolute Gasteiger partial charge is 0.389 e. The molecule has 2 N–H and O–H groups in total. The molecule has 3 nitrogen and oxygen atoms in total. The number of halogens is 1. The molecule has 118 valence electrons. The summed E-state index contributed by atoms with van der Waals surface area (Å²) in [5.41, 5.74) is 7.67. The predicted octanol–water partition coefficient (Wildman–Crippen LogP) is 3.53. The Hall–Kier alpha value is -0.840. The van der Waals surface area contributed by atoms with E-state index >= 15 is 0 Å². The van der Waals surface area contributed by atoms with E-state index in [1.54, 1.807) is 0 Å². The molecule has 0 radical (unpaired) electrons. The van der Waals surface area contributed by atoms with E-state index in [0.29, 0.717) is 10.0 Å². The molecule has 0 saturated heterocycles. The van der Waals surface area contributed by atoms with Crippen LogP contribution >= 0.6 is 23.8 Å². The van der Waals surface area contributed by atoms with E-state index in [4.69, 9.17) is 29.6 Å². The third-order valence-electron chi connectivity index (χ3n) is 3.76. The number of benzene rings is 1. The van der Waals surface area contributed by atoms with Gasteiger partial charge in [-0.1, -0.05) is 43.7 Å². The minimum absolute atomic E-state index is 0.359. The van der Waals surface area contributed by atoms with Gasteiger partial charge in [0.25, 0.3) is 0 Å². The van der Waals surface area contributed by atoms with Crippen molar-refractivity contribution in [3.63, 3.8) is 0 Å².